The van der Waals surface area contributed by atoms with Gasteiger partial charge in [-0.25, -0.2) is 0 Å². The Hall–Kier alpha value is 0.0543. The van der Waals surface area contributed by atoms with Crippen molar-refractivity contribution in [2.24, 2.45) is 0 Å². The van der Waals surface area contributed by atoms with Crippen molar-refractivity contribution >= 4 is 10.9 Å². The Morgan fingerprint density at radius 3 is 2.14 bits per heavy atom. The van der Waals surface area contributed by atoms with Crippen molar-refractivity contribution in [1.29, 1.82) is 0 Å². The smallest absolute Gasteiger partial charge is 1.00 e. The van der Waals surface area contributed by atoms with Crippen LogP contribution in [0, 0.1) is 21.1 Å². The summed E-state index contributed by atoms with van der Waals surface area (Å²) in [7, 11) is 0. The van der Waals surface area contributed by atoms with Gasteiger partial charge in [0.25, 0.3) is 0 Å². The number of halogens is 2. The maximum absolute atomic E-state index is 2.99. The predicted octanol–water partition coefficient (Wildman–Crippen LogP) is -3.13. The van der Waals surface area contributed by atoms with Crippen LogP contribution in [-0.2, 0) is 21.7 Å². The Kier molecular flexibility index (Phi) is 18.8. The zero-order chi connectivity index (χ0) is 6.10. The molecule has 14 heavy (non-hydrogen) atoms. The van der Waals surface area contributed by atoms with E-state index in [0.29, 0.717) is 0 Å². The van der Waals surface area contributed by atoms with E-state index in [4.69, 9.17) is 0 Å². The average molecular weight is 265 g/mol. The molecular weight excluding hydrogens is 253 g/mol. The molecule has 0 amide bonds. The molecule has 0 saturated heterocycles. The molecule has 1 nitrogen and oxygen atoms in total. The predicted molar refractivity (Wildman–Crippen MR) is 50.0 cm³/mol. The molecule has 0 bridgehead atoms. The first-order valence-electron chi connectivity index (χ1n) is 2.90. The monoisotopic (exact) mass is 264 g/mol. The fourth-order valence-corrected chi connectivity index (χ4v) is 0.928. The summed E-state index contributed by atoms with van der Waals surface area (Å²) in [6.45, 7) is 0. The van der Waals surface area contributed by atoms with Gasteiger partial charge in [-0.15, -0.1) is 23.8 Å². The summed E-state index contributed by atoms with van der Waals surface area (Å²) in [5.74, 6) is 0. The van der Waals surface area contributed by atoms with Crippen LogP contribution in [0.4, 0.5) is 0 Å². The van der Waals surface area contributed by atoms with E-state index in [2.05, 4.69) is 17.2 Å². The van der Waals surface area contributed by atoms with Crippen LogP contribution < -0.4 is 24.8 Å². The van der Waals surface area contributed by atoms with E-state index < -0.39 is 0 Å². The first-order valence-corrected chi connectivity index (χ1v) is 2.90. The topological polar surface area (TPSA) is 15.8 Å². The average Bonchev–Trinajstić information content (AvgIpc) is 2.33. The summed E-state index contributed by atoms with van der Waals surface area (Å²) in [6.07, 6.45) is 2.91. The number of benzene rings is 1. The molecule has 1 heterocycles. The van der Waals surface area contributed by atoms with Gasteiger partial charge in [0.15, 0.2) is 0 Å². The summed E-state index contributed by atoms with van der Waals surface area (Å²) < 4.78 is 0. The summed E-state index contributed by atoms with van der Waals surface area (Å²) in [5.41, 5.74) is 1.15. The zero-order valence-electron chi connectivity index (χ0n) is 8.14. The third-order valence-corrected chi connectivity index (χ3v) is 1.40. The summed E-state index contributed by atoms with van der Waals surface area (Å²) in [6, 6.07) is 10.1. The van der Waals surface area contributed by atoms with Gasteiger partial charge in [-0.3, -0.25) is 0 Å². The summed E-state index contributed by atoms with van der Waals surface area (Å²) >= 11 is 0. The molecule has 1 aromatic heterocycles. The SMILES string of the molecule is [CH3-].[CH3-].[Cl-].[Cl-].[Ti+2].[c-]1cc2ccccc2[nH]1. The molecule has 0 aliphatic carbocycles. The van der Waals surface area contributed by atoms with Gasteiger partial charge < -0.3 is 44.7 Å². The number of hydrogen-bond acceptors (Lipinski definition) is 0. The molecule has 1 aromatic carbocycles. The molecule has 78 valence electrons. The minimum atomic E-state index is 0. The van der Waals surface area contributed by atoms with Crippen molar-refractivity contribution in [3.8, 4) is 0 Å². The largest absolute Gasteiger partial charge is 2.00 e. The van der Waals surface area contributed by atoms with E-state index in [-0.39, 0.29) is 61.4 Å². The Morgan fingerprint density at radius 2 is 1.57 bits per heavy atom. The molecule has 0 spiro atoms. The van der Waals surface area contributed by atoms with E-state index in [1.165, 1.54) is 5.39 Å². The number of aromatic nitrogens is 1. The first kappa shape index (κ1) is 23.7. The molecule has 2 rings (SSSR count). The quantitative estimate of drug-likeness (QED) is 0.383. The number of aromatic amines is 1. The molecule has 0 aliphatic rings. The molecule has 0 saturated carbocycles. The minimum absolute atomic E-state index is 0. The second-order valence-corrected chi connectivity index (χ2v) is 2.00. The van der Waals surface area contributed by atoms with Crippen LogP contribution in [0.1, 0.15) is 0 Å². The van der Waals surface area contributed by atoms with Crippen molar-refractivity contribution < 1.29 is 46.5 Å². The van der Waals surface area contributed by atoms with Crippen LogP contribution in [0.15, 0.2) is 30.3 Å². The third kappa shape index (κ3) is 5.06. The maximum atomic E-state index is 2.99. The van der Waals surface area contributed by atoms with E-state index in [1.54, 1.807) is 0 Å². The number of nitrogens with one attached hydrogen (secondary N) is 1. The fraction of sp³-hybridized carbons (Fsp3) is 0. The molecule has 0 fully saturated rings. The Labute approximate surface area is 113 Å². The second-order valence-electron chi connectivity index (χ2n) is 2.00. The molecule has 0 atom stereocenters. The van der Waals surface area contributed by atoms with Crippen molar-refractivity contribution in [3.05, 3.63) is 51.4 Å². The fourth-order valence-electron chi connectivity index (χ4n) is 0.928. The van der Waals surface area contributed by atoms with Crippen molar-refractivity contribution in [3.63, 3.8) is 0 Å². The van der Waals surface area contributed by atoms with Crippen molar-refractivity contribution in [2.75, 3.05) is 0 Å². The number of para-hydroxylation sites is 1. The van der Waals surface area contributed by atoms with Gasteiger partial charge >= 0.3 is 21.7 Å². The van der Waals surface area contributed by atoms with E-state index in [9.17, 15) is 0 Å². The van der Waals surface area contributed by atoms with Gasteiger partial charge in [0.2, 0.25) is 0 Å². The molecule has 0 unspecified atom stereocenters. The van der Waals surface area contributed by atoms with E-state index >= 15 is 0 Å². The molecule has 0 radical (unpaired) electrons. The van der Waals surface area contributed by atoms with Crippen molar-refractivity contribution in [2.45, 2.75) is 0 Å². The van der Waals surface area contributed by atoms with Crippen LogP contribution in [0.3, 0.4) is 0 Å². The zero-order valence-corrected chi connectivity index (χ0v) is 11.2. The molecule has 4 heteroatoms. The van der Waals surface area contributed by atoms with E-state index in [1.807, 2.05) is 24.3 Å². The third-order valence-electron chi connectivity index (χ3n) is 1.40. The van der Waals surface area contributed by atoms with Gasteiger partial charge in [-0.05, 0) is 0 Å². The Balaban J connectivity index is -0.0000001000. The minimum Gasteiger partial charge on any atom is -1.00 e. The second kappa shape index (κ2) is 11.1. The summed E-state index contributed by atoms with van der Waals surface area (Å²) in [5, 5.41) is 1.22. The Bertz CT molecular complexity index is 292. The number of rotatable bonds is 0. The van der Waals surface area contributed by atoms with Crippen LogP contribution in [-0.4, -0.2) is 4.98 Å². The van der Waals surface area contributed by atoms with Crippen molar-refractivity contribution in [1.82, 2.24) is 4.98 Å². The van der Waals surface area contributed by atoms with Crippen LogP contribution >= 0.6 is 0 Å². The Morgan fingerprint density at radius 1 is 1.00 bits per heavy atom. The number of fused-ring (bicyclic) bond motifs is 1. The number of H-pyrrole nitrogens is 1. The van der Waals surface area contributed by atoms with Gasteiger partial charge in [0.1, 0.15) is 0 Å². The van der Waals surface area contributed by atoms with Crippen LogP contribution in [0.5, 0.6) is 0 Å². The van der Waals surface area contributed by atoms with Gasteiger partial charge in [0, 0.05) is 0 Å². The number of hydrogen-bond donors (Lipinski definition) is 1. The molecule has 0 aliphatic heterocycles. The molecule has 2 aromatic rings. The van der Waals surface area contributed by atoms with Gasteiger partial charge in [-0.1, -0.05) is 12.1 Å². The van der Waals surface area contributed by atoms with Crippen LogP contribution in [0.25, 0.3) is 10.9 Å². The maximum Gasteiger partial charge on any atom is 2.00 e. The van der Waals surface area contributed by atoms with E-state index in [0.717, 1.165) is 5.52 Å². The standard InChI is InChI=1S/C8H6N.2CH3.2ClH.Ti/c1-2-4-8-7(3-1)5-6-9-8;;;;;/h1-5,9H;2*1H3;2*1H;/q3*-1;;;+2/p-2. The van der Waals surface area contributed by atoms with Crippen LogP contribution in [0.2, 0.25) is 0 Å². The van der Waals surface area contributed by atoms with Gasteiger partial charge in [-0.2, -0.15) is 11.5 Å². The van der Waals surface area contributed by atoms with Gasteiger partial charge in [0.05, 0.1) is 0 Å². The first-order chi connectivity index (χ1) is 4.47. The normalized spacial score (nSPS) is 6.57. The molecule has 1 N–H and O–H groups in total. The molecular formula is C10H12Cl2NTi-3. The summed E-state index contributed by atoms with van der Waals surface area (Å²) in [4.78, 5) is 2.99.